The van der Waals surface area contributed by atoms with Gasteiger partial charge < -0.3 is 0 Å². The molecule has 2 rings (SSSR count). The SMILES string of the molecule is Cc1cc(C)c(C)c(C(=O)C2(P)CCCC2)c1C. The quantitative estimate of drug-likeness (QED) is 0.574. The minimum absolute atomic E-state index is 0.199. The largest absolute Gasteiger partial charge is 0.293 e. The van der Waals surface area contributed by atoms with Gasteiger partial charge in [-0.3, -0.25) is 4.79 Å². The smallest absolute Gasteiger partial charge is 0.173 e. The van der Waals surface area contributed by atoms with Gasteiger partial charge in [-0.15, -0.1) is 9.24 Å². The molecule has 0 amide bonds. The molecule has 0 N–H and O–H groups in total. The predicted octanol–water partition coefficient (Wildman–Crippen LogP) is 4.29. The maximum absolute atomic E-state index is 12.9. The van der Waals surface area contributed by atoms with Crippen molar-refractivity contribution >= 4 is 15.0 Å². The minimum atomic E-state index is -0.199. The van der Waals surface area contributed by atoms with Crippen molar-refractivity contribution in [1.82, 2.24) is 0 Å². The summed E-state index contributed by atoms with van der Waals surface area (Å²) in [4.78, 5) is 12.9. The zero-order valence-electron chi connectivity index (χ0n) is 11.9. The van der Waals surface area contributed by atoms with Crippen LogP contribution in [-0.4, -0.2) is 10.9 Å². The average Bonchev–Trinajstić information content (AvgIpc) is 2.75. The molecule has 1 aliphatic carbocycles. The highest BCUT2D eigenvalue weighted by Gasteiger charge is 2.38. The molecule has 0 spiro atoms. The third-order valence-corrected chi connectivity index (χ3v) is 5.38. The van der Waals surface area contributed by atoms with Crippen LogP contribution in [0.3, 0.4) is 0 Å². The molecular weight excluding hydrogens is 239 g/mol. The summed E-state index contributed by atoms with van der Waals surface area (Å²) in [6.07, 6.45) is 4.39. The summed E-state index contributed by atoms with van der Waals surface area (Å²) >= 11 is 0. The summed E-state index contributed by atoms with van der Waals surface area (Å²) in [6, 6.07) is 2.19. The van der Waals surface area contributed by atoms with Crippen LogP contribution in [0, 0.1) is 27.7 Å². The third-order valence-electron chi connectivity index (χ3n) is 4.54. The number of carbonyl (C=O) groups is 1. The highest BCUT2D eigenvalue weighted by molar-refractivity contribution is 7.21. The maximum atomic E-state index is 12.9. The highest BCUT2D eigenvalue weighted by atomic mass is 31.0. The van der Waals surface area contributed by atoms with E-state index in [2.05, 4.69) is 43.0 Å². The Labute approximate surface area is 113 Å². The first kappa shape index (κ1) is 13.7. The maximum Gasteiger partial charge on any atom is 0.173 e. The molecule has 1 aromatic rings. The number of rotatable bonds is 2. The first-order valence-corrected chi connectivity index (χ1v) is 7.35. The fourth-order valence-electron chi connectivity index (χ4n) is 3.04. The van der Waals surface area contributed by atoms with Crippen molar-refractivity contribution in [1.29, 1.82) is 0 Å². The Kier molecular flexibility index (Phi) is 3.65. The Morgan fingerprint density at radius 3 is 1.94 bits per heavy atom. The number of Topliss-reactive ketones (excluding diaryl/α,β-unsaturated/α-hetero) is 1. The molecule has 2 heteroatoms. The lowest BCUT2D eigenvalue weighted by Gasteiger charge is -2.25. The van der Waals surface area contributed by atoms with E-state index in [4.69, 9.17) is 0 Å². The summed E-state index contributed by atoms with van der Waals surface area (Å²) in [6.45, 7) is 8.36. The Morgan fingerprint density at radius 1 is 1.06 bits per heavy atom. The van der Waals surface area contributed by atoms with Crippen molar-refractivity contribution in [2.75, 3.05) is 0 Å². The Hall–Kier alpha value is -0.680. The second-order valence-corrected chi connectivity index (χ2v) is 6.93. The lowest BCUT2D eigenvalue weighted by atomic mass is 9.86. The first-order valence-electron chi connectivity index (χ1n) is 6.78. The zero-order valence-corrected chi connectivity index (χ0v) is 13.0. The van der Waals surface area contributed by atoms with E-state index in [1.54, 1.807) is 0 Å². The lowest BCUT2D eigenvalue weighted by molar-refractivity contribution is 0.0943. The molecule has 1 saturated carbocycles. The molecule has 98 valence electrons. The summed E-state index contributed by atoms with van der Waals surface area (Å²) in [5, 5.41) is -0.199. The number of aryl methyl sites for hydroxylation is 2. The number of benzene rings is 1. The van der Waals surface area contributed by atoms with Crippen LogP contribution >= 0.6 is 9.24 Å². The van der Waals surface area contributed by atoms with Crippen LogP contribution in [0.25, 0.3) is 0 Å². The van der Waals surface area contributed by atoms with Crippen LogP contribution < -0.4 is 0 Å². The average molecular weight is 262 g/mol. The van der Waals surface area contributed by atoms with Gasteiger partial charge in [0, 0.05) is 10.7 Å². The molecule has 0 bridgehead atoms. The van der Waals surface area contributed by atoms with Crippen LogP contribution in [-0.2, 0) is 0 Å². The molecule has 1 fully saturated rings. The molecule has 0 heterocycles. The topological polar surface area (TPSA) is 17.1 Å². The van der Waals surface area contributed by atoms with Crippen molar-refractivity contribution in [3.8, 4) is 0 Å². The molecule has 1 unspecified atom stereocenters. The number of hydrogen-bond acceptors (Lipinski definition) is 1. The second kappa shape index (κ2) is 4.78. The zero-order chi connectivity index (χ0) is 13.5. The van der Waals surface area contributed by atoms with Gasteiger partial charge in [-0.05, 0) is 62.8 Å². The van der Waals surface area contributed by atoms with E-state index < -0.39 is 0 Å². The van der Waals surface area contributed by atoms with Crippen molar-refractivity contribution in [3.63, 3.8) is 0 Å². The van der Waals surface area contributed by atoms with E-state index >= 15 is 0 Å². The predicted molar refractivity (Wildman–Crippen MR) is 80.6 cm³/mol. The van der Waals surface area contributed by atoms with Crippen molar-refractivity contribution < 1.29 is 4.79 Å². The van der Waals surface area contributed by atoms with Gasteiger partial charge in [-0.1, -0.05) is 18.9 Å². The van der Waals surface area contributed by atoms with Gasteiger partial charge in [0.1, 0.15) is 0 Å². The fraction of sp³-hybridized carbons (Fsp3) is 0.562. The molecule has 1 aliphatic rings. The van der Waals surface area contributed by atoms with Gasteiger partial charge in [0.05, 0.1) is 0 Å². The monoisotopic (exact) mass is 262 g/mol. The van der Waals surface area contributed by atoms with Gasteiger partial charge in [-0.2, -0.15) is 0 Å². The molecule has 1 aromatic carbocycles. The molecule has 0 saturated heterocycles. The van der Waals surface area contributed by atoms with Crippen molar-refractivity contribution in [3.05, 3.63) is 33.9 Å². The van der Waals surface area contributed by atoms with E-state index in [9.17, 15) is 4.79 Å². The number of hydrogen-bond donors (Lipinski definition) is 0. The van der Waals surface area contributed by atoms with Gasteiger partial charge >= 0.3 is 0 Å². The van der Waals surface area contributed by atoms with Crippen LogP contribution in [0.1, 0.15) is 58.3 Å². The molecule has 18 heavy (non-hydrogen) atoms. The minimum Gasteiger partial charge on any atom is -0.293 e. The molecule has 1 atom stereocenters. The van der Waals surface area contributed by atoms with E-state index in [1.165, 1.54) is 24.0 Å². The normalized spacial score (nSPS) is 18.1. The standard InChI is InChI=1S/C16H23OP/c1-10-9-11(2)13(4)14(12(10)3)15(17)16(18)7-5-6-8-16/h9H,5-8,18H2,1-4H3. The van der Waals surface area contributed by atoms with E-state index in [0.717, 1.165) is 29.5 Å². The Morgan fingerprint density at radius 2 is 1.50 bits per heavy atom. The fourth-order valence-corrected chi connectivity index (χ4v) is 3.59. The highest BCUT2D eigenvalue weighted by Crippen LogP contribution is 2.41. The molecule has 0 radical (unpaired) electrons. The van der Waals surface area contributed by atoms with Crippen LogP contribution in [0.5, 0.6) is 0 Å². The summed E-state index contributed by atoms with van der Waals surface area (Å²) in [7, 11) is 2.85. The molecule has 1 nitrogen and oxygen atoms in total. The van der Waals surface area contributed by atoms with E-state index in [0.29, 0.717) is 5.78 Å². The van der Waals surface area contributed by atoms with Crippen LogP contribution in [0.4, 0.5) is 0 Å². The Bertz CT molecular complexity index is 470. The van der Waals surface area contributed by atoms with Crippen LogP contribution in [0.15, 0.2) is 6.07 Å². The summed E-state index contributed by atoms with van der Waals surface area (Å²) in [5.41, 5.74) is 5.76. The first-order chi connectivity index (χ1) is 8.37. The molecule has 0 aliphatic heterocycles. The number of carbonyl (C=O) groups excluding carboxylic acids is 1. The van der Waals surface area contributed by atoms with Gasteiger partial charge in [0.25, 0.3) is 0 Å². The number of ketones is 1. The van der Waals surface area contributed by atoms with Crippen molar-refractivity contribution in [2.24, 2.45) is 0 Å². The summed E-state index contributed by atoms with van der Waals surface area (Å²) < 4.78 is 0. The van der Waals surface area contributed by atoms with Crippen LogP contribution in [0.2, 0.25) is 0 Å². The van der Waals surface area contributed by atoms with Gasteiger partial charge in [0.15, 0.2) is 5.78 Å². The van der Waals surface area contributed by atoms with Gasteiger partial charge in [0.2, 0.25) is 0 Å². The van der Waals surface area contributed by atoms with E-state index in [1.807, 2.05) is 0 Å². The molecule has 0 aromatic heterocycles. The second-order valence-electron chi connectivity index (χ2n) is 5.83. The lowest BCUT2D eigenvalue weighted by Crippen LogP contribution is -2.30. The summed E-state index contributed by atoms with van der Waals surface area (Å²) in [5.74, 6) is 0.340. The Balaban J connectivity index is 2.54. The van der Waals surface area contributed by atoms with Gasteiger partial charge in [-0.25, -0.2) is 0 Å². The molecular formula is C16H23OP. The van der Waals surface area contributed by atoms with Crippen molar-refractivity contribution in [2.45, 2.75) is 58.5 Å². The third kappa shape index (κ3) is 2.14. The van der Waals surface area contributed by atoms with E-state index in [-0.39, 0.29) is 5.16 Å².